The van der Waals surface area contributed by atoms with Crippen LogP contribution in [0, 0.1) is 11.8 Å². The number of hydrogen-bond acceptors (Lipinski definition) is 3. The summed E-state index contributed by atoms with van der Waals surface area (Å²) in [5, 5.41) is 0. The molecule has 2 aliphatic rings. The number of allylic oxidation sites excluding steroid dienone is 2. The molecule has 1 heterocycles. The molecule has 2 aromatic carbocycles. The summed E-state index contributed by atoms with van der Waals surface area (Å²) in [4.78, 5) is 26.0. The van der Waals surface area contributed by atoms with Crippen LogP contribution < -0.4 is 4.74 Å². The van der Waals surface area contributed by atoms with Crippen LogP contribution in [0.25, 0.3) is 0 Å². The van der Waals surface area contributed by atoms with Gasteiger partial charge in [-0.25, -0.2) is 0 Å². The van der Waals surface area contributed by atoms with Crippen molar-refractivity contribution in [3.8, 4) is 5.75 Å². The van der Waals surface area contributed by atoms with E-state index in [-0.39, 0.29) is 34.9 Å². The molecule has 2 aromatic rings. The lowest BCUT2D eigenvalue weighted by molar-refractivity contribution is 0.0927. The van der Waals surface area contributed by atoms with E-state index in [9.17, 15) is 9.59 Å². The number of rotatable bonds is 4. The van der Waals surface area contributed by atoms with E-state index in [1.54, 1.807) is 12.1 Å². The van der Waals surface area contributed by atoms with Gasteiger partial charge in [0, 0.05) is 39.5 Å². The fraction of sp³-hybridized carbons (Fsp3) is 0.308. The molecule has 0 N–H and O–H groups in total. The Labute approximate surface area is 172 Å². The zero-order valence-electron chi connectivity index (χ0n) is 17.3. The standard InChI is InChI=1S/C26H26O3/c1-16(2)24(27)18-9-5-6-10-19(18)25(28)17-13-14-23-21(15-17)26(3,4)20-11-7-8-12-22(20)29-23/h5-16,21,23H,1-4H3. The molecule has 0 aromatic heterocycles. The smallest absolute Gasteiger partial charge is 0.193 e. The van der Waals surface area contributed by atoms with Gasteiger partial charge in [-0.3, -0.25) is 9.59 Å². The first kappa shape index (κ1) is 19.4. The summed E-state index contributed by atoms with van der Waals surface area (Å²) in [5.74, 6) is 0.654. The zero-order chi connectivity index (χ0) is 20.8. The molecule has 0 amide bonds. The van der Waals surface area contributed by atoms with Gasteiger partial charge in [-0.15, -0.1) is 0 Å². The number of ether oxygens (including phenoxy) is 1. The van der Waals surface area contributed by atoms with Gasteiger partial charge in [0.05, 0.1) is 0 Å². The molecule has 29 heavy (non-hydrogen) atoms. The predicted octanol–water partition coefficient (Wildman–Crippen LogP) is 5.56. The molecular formula is C26H26O3. The number of hydrogen-bond donors (Lipinski definition) is 0. The third kappa shape index (κ3) is 3.25. The van der Waals surface area contributed by atoms with E-state index in [1.165, 1.54) is 0 Å². The number of para-hydroxylation sites is 1. The number of ketones is 2. The van der Waals surface area contributed by atoms with Crippen molar-refractivity contribution in [1.29, 1.82) is 0 Å². The Morgan fingerprint density at radius 3 is 2.34 bits per heavy atom. The van der Waals surface area contributed by atoms with Gasteiger partial charge in [-0.05, 0) is 12.1 Å². The van der Waals surface area contributed by atoms with E-state index >= 15 is 0 Å². The molecule has 3 heteroatoms. The van der Waals surface area contributed by atoms with Gasteiger partial charge in [0.25, 0.3) is 0 Å². The molecular weight excluding hydrogens is 360 g/mol. The number of Topliss-reactive ketones (excluding diaryl/α,β-unsaturated/α-hetero) is 2. The fourth-order valence-electron chi connectivity index (χ4n) is 4.34. The highest BCUT2D eigenvalue weighted by atomic mass is 16.5. The first-order chi connectivity index (χ1) is 13.8. The van der Waals surface area contributed by atoms with E-state index in [4.69, 9.17) is 4.74 Å². The van der Waals surface area contributed by atoms with Crippen LogP contribution >= 0.6 is 0 Å². The van der Waals surface area contributed by atoms with Gasteiger partial charge in [0.2, 0.25) is 0 Å². The topological polar surface area (TPSA) is 43.4 Å². The largest absolute Gasteiger partial charge is 0.485 e. The van der Waals surface area contributed by atoms with Crippen molar-refractivity contribution in [2.75, 3.05) is 0 Å². The molecule has 4 rings (SSSR count). The lowest BCUT2D eigenvalue weighted by Crippen LogP contribution is -2.44. The van der Waals surface area contributed by atoms with Gasteiger partial charge in [-0.2, -0.15) is 0 Å². The Hall–Kier alpha value is -2.94. The van der Waals surface area contributed by atoms with Crippen molar-refractivity contribution in [3.05, 3.63) is 89.0 Å². The Morgan fingerprint density at radius 1 is 0.966 bits per heavy atom. The quantitative estimate of drug-likeness (QED) is 0.646. The molecule has 148 valence electrons. The van der Waals surface area contributed by atoms with E-state index < -0.39 is 0 Å². The van der Waals surface area contributed by atoms with Crippen molar-refractivity contribution in [2.45, 2.75) is 39.2 Å². The van der Waals surface area contributed by atoms with E-state index in [2.05, 4.69) is 19.9 Å². The van der Waals surface area contributed by atoms with Crippen LogP contribution in [0.15, 0.2) is 72.3 Å². The fourth-order valence-corrected chi connectivity index (χ4v) is 4.34. The SMILES string of the molecule is CC(C)C(=O)c1ccccc1C(=O)C1=CC2C(C=C1)Oc1ccccc1C2(C)C. The maximum absolute atomic E-state index is 13.4. The highest BCUT2D eigenvalue weighted by Crippen LogP contribution is 2.47. The Bertz CT molecular complexity index is 1040. The zero-order valence-corrected chi connectivity index (χ0v) is 17.3. The van der Waals surface area contributed by atoms with Gasteiger partial charge < -0.3 is 4.74 Å². The summed E-state index contributed by atoms with van der Waals surface area (Å²) < 4.78 is 6.20. The average molecular weight is 386 g/mol. The minimum Gasteiger partial charge on any atom is -0.485 e. The molecule has 2 atom stereocenters. The van der Waals surface area contributed by atoms with Gasteiger partial charge in [-0.1, -0.05) is 82.3 Å². The van der Waals surface area contributed by atoms with Crippen LogP contribution in [0.1, 0.15) is 54.0 Å². The van der Waals surface area contributed by atoms with Crippen LogP contribution in [0.2, 0.25) is 0 Å². The molecule has 0 radical (unpaired) electrons. The molecule has 2 unspecified atom stereocenters. The van der Waals surface area contributed by atoms with Crippen molar-refractivity contribution < 1.29 is 14.3 Å². The molecule has 1 aliphatic heterocycles. The highest BCUT2D eigenvalue weighted by Gasteiger charge is 2.43. The lowest BCUT2D eigenvalue weighted by atomic mass is 9.67. The Morgan fingerprint density at radius 2 is 1.62 bits per heavy atom. The monoisotopic (exact) mass is 386 g/mol. The summed E-state index contributed by atoms with van der Waals surface area (Å²) >= 11 is 0. The third-order valence-corrected chi connectivity index (χ3v) is 6.08. The van der Waals surface area contributed by atoms with Crippen molar-refractivity contribution in [3.63, 3.8) is 0 Å². The van der Waals surface area contributed by atoms with Gasteiger partial charge in [0.1, 0.15) is 11.9 Å². The second kappa shape index (κ2) is 7.14. The lowest BCUT2D eigenvalue weighted by Gasteiger charge is -2.44. The normalized spacial score (nSPS) is 21.6. The summed E-state index contributed by atoms with van der Waals surface area (Å²) in [5.41, 5.74) is 2.55. The molecule has 1 aliphatic carbocycles. The number of carbonyl (C=O) groups is 2. The summed E-state index contributed by atoms with van der Waals surface area (Å²) in [7, 11) is 0. The first-order valence-corrected chi connectivity index (χ1v) is 10.1. The van der Waals surface area contributed by atoms with Crippen molar-refractivity contribution >= 4 is 11.6 Å². The second-order valence-corrected chi connectivity index (χ2v) is 8.70. The van der Waals surface area contributed by atoms with Crippen LogP contribution in [0.4, 0.5) is 0 Å². The van der Waals surface area contributed by atoms with Crippen LogP contribution in [0.3, 0.4) is 0 Å². The minimum atomic E-state index is -0.178. The van der Waals surface area contributed by atoms with E-state index in [0.29, 0.717) is 16.7 Å². The second-order valence-electron chi connectivity index (χ2n) is 8.70. The van der Waals surface area contributed by atoms with Crippen LogP contribution in [0.5, 0.6) is 5.75 Å². The molecule has 0 saturated carbocycles. The first-order valence-electron chi connectivity index (χ1n) is 10.1. The molecule has 0 fully saturated rings. The average Bonchev–Trinajstić information content (AvgIpc) is 2.72. The van der Waals surface area contributed by atoms with Crippen LogP contribution in [-0.4, -0.2) is 17.7 Å². The third-order valence-electron chi connectivity index (χ3n) is 6.08. The molecule has 0 bridgehead atoms. The molecule has 0 saturated heterocycles. The number of carbonyl (C=O) groups excluding carboxylic acids is 2. The van der Waals surface area contributed by atoms with Crippen molar-refractivity contribution in [2.24, 2.45) is 11.8 Å². The van der Waals surface area contributed by atoms with Crippen molar-refractivity contribution in [1.82, 2.24) is 0 Å². The minimum absolute atomic E-state index is 0.0116. The maximum atomic E-state index is 13.4. The molecule has 3 nitrogen and oxygen atoms in total. The highest BCUT2D eigenvalue weighted by molar-refractivity contribution is 6.17. The van der Waals surface area contributed by atoms with Gasteiger partial charge >= 0.3 is 0 Å². The summed E-state index contributed by atoms with van der Waals surface area (Å²) in [6.45, 7) is 8.10. The Kier molecular flexibility index (Phi) is 4.77. The summed E-state index contributed by atoms with van der Waals surface area (Å²) in [6.07, 6.45) is 5.73. The van der Waals surface area contributed by atoms with E-state index in [1.807, 2.05) is 62.4 Å². The maximum Gasteiger partial charge on any atom is 0.193 e. The summed E-state index contributed by atoms with van der Waals surface area (Å²) in [6, 6.07) is 15.2. The predicted molar refractivity (Wildman–Crippen MR) is 115 cm³/mol. The van der Waals surface area contributed by atoms with E-state index in [0.717, 1.165) is 11.3 Å². The number of fused-ring (bicyclic) bond motifs is 2. The van der Waals surface area contributed by atoms with Crippen LogP contribution in [-0.2, 0) is 5.41 Å². The van der Waals surface area contributed by atoms with Gasteiger partial charge in [0.15, 0.2) is 11.6 Å². The number of benzene rings is 2. The Balaban J connectivity index is 1.73. The molecule has 0 spiro atoms.